The van der Waals surface area contributed by atoms with Gasteiger partial charge in [-0.15, -0.1) is 0 Å². The number of rotatable bonds is 3. The lowest BCUT2D eigenvalue weighted by Crippen LogP contribution is -2.28. The molecule has 2 aromatic rings. The maximum atomic E-state index is 6.18. The average Bonchev–Trinajstić information content (AvgIpc) is 2.63. The average molecular weight is 307 g/mol. The van der Waals surface area contributed by atoms with Crippen LogP contribution in [0.25, 0.3) is 5.65 Å². The molecule has 114 valence electrons. The van der Waals surface area contributed by atoms with Crippen LogP contribution in [0.15, 0.2) is 18.3 Å². The summed E-state index contributed by atoms with van der Waals surface area (Å²) in [6.45, 7) is 9.76. The van der Waals surface area contributed by atoms with Gasteiger partial charge in [-0.05, 0) is 37.6 Å². The van der Waals surface area contributed by atoms with Gasteiger partial charge in [0.2, 0.25) is 0 Å². The van der Waals surface area contributed by atoms with E-state index in [0.29, 0.717) is 5.92 Å². The number of hydrogen-bond acceptors (Lipinski definition) is 3. The topological polar surface area (TPSA) is 32.6 Å². The van der Waals surface area contributed by atoms with Gasteiger partial charge in [0.1, 0.15) is 5.65 Å². The fourth-order valence-corrected chi connectivity index (χ4v) is 3.14. The maximum Gasteiger partial charge on any atom is 0.137 e. The van der Waals surface area contributed by atoms with Gasteiger partial charge in [0.25, 0.3) is 0 Å². The first-order valence-electron chi connectivity index (χ1n) is 7.74. The summed E-state index contributed by atoms with van der Waals surface area (Å²) in [7, 11) is 0. The summed E-state index contributed by atoms with van der Waals surface area (Å²) in [6, 6.07) is 3.91. The first-order chi connectivity index (χ1) is 10.1. The van der Waals surface area contributed by atoms with Crippen LogP contribution in [0.5, 0.6) is 0 Å². The molecule has 0 unspecified atom stereocenters. The van der Waals surface area contributed by atoms with E-state index >= 15 is 0 Å². The molecule has 1 aliphatic rings. The van der Waals surface area contributed by atoms with Crippen molar-refractivity contribution in [1.29, 1.82) is 0 Å². The van der Waals surface area contributed by atoms with E-state index in [2.05, 4.69) is 28.5 Å². The summed E-state index contributed by atoms with van der Waals surface area (Å²) in [4.78, 5) is 7.31. The van der Waals surface area contributed by atoms with E-state index in [4.69, 9.17) is 16.6 Å². The molecule has 3 heterocycles. The Hall–Kier alpha value is -1.10. The van der Waals surface area contributed by atoms with E-state index in [1.165, 1.54) is 17.8 Å². The van der Waals surface area contributed by atoms with Crippen molar-refractivity contribution in [1.82, 2.24) is 19.6 Å². The van der Waals surface area contributed by atoms with Crippen molar-refractivity contribution in [3.8, 4) is 0 Å². The standard InChI is InChI=1S/C16H23ClN4/c1-12(2)16-14(11-20-8-3-6-18-7-9-20)21-10-13(17)4-5-15(21)19-16/h4-5,10,12,18H,3,6-9,11H2,1-2H3. The van der Waals surface area contributed by atoms with Crippen LogP contribution in [-0.4, -0.2) is 40.5 Å². The summed E-state index contributed by atoms with van der Waals surface area (Å²) in [5.74, 6) is 0.420. The van der Waals surface area contributed by atoms with Gasteiger partial charge in [-0.2, -0.15) is 0 Å². The second-order valence-electron chi connectivity index (χ2n) is 6.05. The highest BCUT2D eigenvalue weighted by Crippen LogP contribution is 2.24. The molecule has 1 fully saturated rings. The van der Waals surface area contributed by atoms with Crippen LogP contribution in [0.3, 0.4) is 0 Å². The Labute approximate surface area is 131 Å². The van der Waals surface area contributed by atoms with Crippen molar-refractivity contribution >= 4 is 17.2 Å². The summed E-state index contributed by atoms with van der Waals surface area (Å²) in [6.07, 6.45) is 3.19. The Bertz CT molecular complexity index is 612. The van der Waals surface area contributed by atoms with Gasteiger partial charge in [0, 0.05) is 25.8 Å². The Balaban J connectivity index is 1.97. The molecule has 0 bridgehead atoms. The monoisotopic (exact) mass is 306 g/mol. The van der Waals surface area contributed by atoms with E-state index in [1.54, 1.807) is 0 Å². The molecule has 0 spiro atoms. The van der Waals surface area contributed by atoms with Gasteiger partial charge in [-0.25, -0.2) is 4.98 Å². The Morgan fingerprint density at radius 1 is 1.29 bits per heavy atom. The van der Waals surface area contributed by atoms with Crippen molar-refractivity contribution in [2.24, 2.45) is 0 Å². The first-order valence-corrected chi connectivity index (χ1v) is 8.12. The van der Waals surface area contributed by atoms with Gasteiger partial charge >= 0.3 is 0 Å². The lowest BCUT2D eigenvalue weighted by Gasteiger charge is -2.20. The van der Waals surface area contributed by atoms with Crippen LogP contribution >= 0.6 is 11.6 Å². The number of nitrogens with one attached hydrogen (secondary N) is 1. The third kappa shape index (κ3) is 3.23. The maximum absolute atomic E-state index is 6.18. The quantitative estimate of drug-likeness (QED) is 0.946. The predicted octanol–water partition coefficient (Wildman–Crippen LogP) is 2.91. The smallest absolute Gasteiger partial charge is 0.137 e. The lowest BCUT2D eigenvalue weighted by molar-refractivity contribution is 0.279. The zero-order valence-corrected chi connectivity index (χ0v) is 13.5. The van der Waals surface area contributed by atoms with Crippen molar-refractivity contribution in [3.05, 3.63) is 34.7 Å². The number of hydrogen-bond donors (Lipinski definition) is 1. The van der Waals surface area contributed by atoms with Crippen molar-refractivity contribution in [3.63, 3.8) is 0 Å². The highest BCUT2D eigenvalue weighted by atomic mass is 35.5. The second kappa shape index (κ2) is 6.34. The van der Waals surface area contributed by atoms with Crippen LogP contribution < -0.4 is 5.32 Å². The third-order valence-electron chi connectivity index (χ3n) is 4.07. The summed E-state index contributed by atoms with van der Waals surface area (Å²) >= 11 is 6.18. The molecule has 0 atom stereocenters. The molecule has 1 aliphatic heterocycles. The lowest BCUT2D eigenvalue weighted by atomic mass is 10.1. The van der Waals surface area contributed by atoms with Crippen LogP contribution in [0.2, 0.25) is 5.02 Å². The molecule has 21 heavy (non-hydrogen) atoms. The van der Waals surface area contributed by atoms with Crippen molar-refractivity contribution in [2.45, 2.75) is 32.7 Å². The molecular weight excluding hydrogens is 284 g/mol. The molecule has 4 nitrogen and oxygen atoms in total. The number of fused-ring (bicyclic) bond motifs is 1. The Morgan fingerprint density at radius 2 is 2.14 bits per heavy atom. The van der Waals surface area contributed by atoms with Crippen LogP contribution in [-0.2, 0) is 6.54 Å². The molecule has 0 aliphatic carbocycles. The zero-order chi connectivity index (χ0) is 14.8. The molecule has 2 aromatic heterocycles. The minimum absolute atomic E-state index is 0.420. The van der Waals surface area contributed by atoms with Crippen LogP contribution in [0.4, 0.5) is 0 Å². The normalized spacial score (nSPS) is 17.5. The first kappa shape index (κ1) is 14.8. The minimum Gasteiger partial charge on any atom is -0.315 e. The molecule has 0 saturated carbocycles. The van der Waals surface area contributed by atoms with Crippen molar-refractivity contribution < 1.29 is 0 Å². The van der Waals surface area contributed by atoms with Gasteiger partial charge in [-0.3, -0.25) is 4.90 Å². The molecule has 0 aromatic carbocycles. The Kier molecular flexibility index (Phi) is 4.48. The fraction of sp³-hybridized carbons (Fsp3) is 0.562. The molecule has 5 heteroatoms. The molecule has 1 saturated heterocycles. The summed E-state index contributed by atoms with van der Waals surface area (Å²) in [5.41, 5.74) is 3.46. The van der Waals surface area contributed by atoms with E-state index in [-0.39, 0.29) is 0 Å². The van der Waals surface area contributed by atoms with E-state index in [9.17, 15) is 0 Å². The molecule has 0 radical (unpaired) electrons. The molecule has 1 N–H and O–H groups in total. The predicted molar refractivity (Wildman–Crippen MR) is 87.1 cm³/mol. The van der Waals surface area contributed by atoms with E-state index in [1.807, 2.05) is 18.3 Å². The molecule has 3 rings (SSSR count). The summed E-state index contributed by atoms with van der Waals surface area (Å²) < 4.78 is 2.16. The van der Waals surface area contributed by atoms with Gasteiger partial charge in [0.15, 0.2) is 0 Å². The second-order valence-corrected chi connectivity index (χ2v) is 6.49. The van der Waals surface area contributed by atoms with E-state index in [0.717, 1.165) is 43.4 Å². The number of nitrogens with zero attached hydrogens (tertiary/aromatic N) is 3. The van der Waals surface area contributed by atoms with E-state index < -0.39 is 0 Å². The number of aromatic nitrogens is 2. The van der Waals surface area contributed by atoms with Crippen LogP contribution in [0, 0.1) is 0 Å². The molecule has 0 amide bonds. The number of halogens is 1. The highest BCUT2D eigenvalue weighted by molar-refractivity contribution is 6.30. The number of imidazole rings is 1. The SMILES string of the molecule is CC(C)c1nc2ccc(Cl)cn2c1CN1CCCNCC1. The highest BCUT2D eigenvalue weighted by Gasteiger charge is 2.18. The van der Waals surface area contributed by atoms with Crippen LogP contribution in [0.1, 0.15) is 37.6 Å². The van der Waals surface area contributed by atoms with Crippen molar-refractivity contribution in [2.75, 3.05) is 26.2 Å². The largest absolute Gasteiger partial charge is 0.315 e. The Morgan fingerprint density at radius 3 is 2.95 bits per heavy atom. The third-order valence-corrected chi connectivity index (χ3v) is 4.29. The molecular formula is C16H23ClN4. The fourth-order valence-electron chi connectivity index (χ4n) is 2.98. The minimum atomic E-state index is 0.420. The van der Waals surface area contributed by atoms with Gasteiger partial charge in [-0.1, -0.05) is 25.4 Å². The zero-order valence-electron chi connectivity index (χ0n) is 12.8. The number of pyridine rings is 1. The van der Waals surface area contributed by atoms with Gasteiger partial charge in [0.05, 0.1) is 16.4 Å². The van der Waals surface area contributed by atoms with Gasteiger partial charge < -0.3 is 9.72 Å². The summed E-state index contributed by atoms with van der Waals surface area (Å²) in [5, 5.41) is 4.21.